The number of nitrogens with one attached hydrogen (secondary N) is 1. The quantitative estimate of drug-likeness (QED) is 0.908. The minimum Gasteiger partial charge on any atom is -0.488 e. The van der Waals surface area contributed by atoms with E-state index in [2.05, 4.69) is 5.32 Å². The van der Waals surface area contributed by atoms with E-state index in [-0.39, 0.29) is 0 Å². The maximum absolute atomic E-state index is 11.5. The summed E-state index contributed by atoms with van der Waals surface area (Å²) in [7, 11) is 0. The molecule has 3 heteroatoms. The fraction of sp³-hybridized carbons (Fsp3) is 0.333. The van der Waals surface area contributed by atoms with Gasteiger partial charge in [0.2, 0.25) is 0 Å². The normalized spacial score (nSPS) is 23.7. The van der Waals surface area contributed by atoms with Crippen LogP contribution in [0.2, 0.25) is 0 Å². The first-order valence-corrected chi connectivity index (χ1v) is 7.54. The molecule has 108 valence electrons. The summed E-state index contributed by atoms with van der Waals surface area (Å²) >= 11 is 0. The molecule has 0 saturated heterocycles. The molecule has 3 nitrogen and oxygen atoms in total. The second-order valence-electron chi connectivity index (χ2n) is 5.96. The van der Waals surface area contributed by atoms with E-state index in [9.17, 15) is 5.11 Å². The fourth-order valence-electron chi connectivity index (χ4n) is 3.05. The molecule has 4 rings (SSSR count). The molecule has 1 unspecified atom stereocenters. The Morgan fingerprint density at radius 2 is 1.76 bits per heavy atom. The number of benzene rings is 2. The third-order valence-electron chi connectivity index (χ3n) is 4.40. The van der Waals surface area contributed by atoms with E-state index in [1.54, 1.807) is 0 Å². The van der Waals surface area contributed by atoms with Crippen LogP contribution in [0.1, 0.15) is 29.5 Å². The van der Waals surface area contributed by atoms with Crippen LogP contribution in [0, 0.1) is 0 Å². The summed E-state index contributed by atoms with van der Waals surface area (Å²) in [5.41, 5.74) is 1.81. The number of para-hydroxylation sites is 1. The van der Waals surface area contributed by atoms with Gasteiger partial charge in [0.1, 0.15) is 18.0 Å². The van der Waals surface area contributed by atoms with E-state index in [1.807, 2.05) is 48.5 Å². The molecule has 2 aliphatic rings. The standard InChI is InChI=1S/C18H19NO2/c20-18(12-19-14-9-10-14)15-6-2-1-5-13(15)11-21-17-8-4-3-7-16(17)18/h1-8,14,19-20H,9-12H2. The van der Waals surface area contributed by atoms with Gasteiger partial charge in [-0.15, -0.1) is 0 Å². The van der Waals surface area contributed by atoms with E-state index < -0.39 is 5.60 Å². The number of aliphatic hydroxyl groups is 1. The maximum Gasteiger partial charge on any atom is 0.131 e. The van der Waals surface area contributed by atoms with Gasteiger partial charge in [-0.1, -0.05) is 42.5 Å². The Morgan fingerprint density at radius 3 is 2.57 bits per heavy atom. The summed E-state index contributed by atoms with van der Waals surface area (Å²) in [6.45, 7) is 1.02. The topological polar surface area (TPSA) is 41.5 Å². The van der Waals surface area contributed by atoms with Crippen molar-refractivity contribution in [2.24, 2.45) is 0 Å². The van der Waals surface area contributed by atoms with Gasteiger partial charge in [0.05, 0.1) is 0 Å². The maximum atomic E-state index is 11.5. The van der Waals surface area contributed by atoms with E-state index in [0.717, 1.165) is 22.4 Å². The highest BCUT2D eigenvalue weighted by Crippen LogP contribution is 2.40. The lowest BCUT2D eigenvalue weighted by atomic mass is 9.83. The second kappa shape index (κ2) is 4.86. The van der Waals surface area contributed by atoms with E-state index >= 15 is 0 Å². The molecule has 1 fully saturated rings. The van der Waals surface area contributed by atoms with E-state index in [1.165, 1.54) is 12.8 Å². The minimum atomic E-state index is -1.04. The van der Waals surface area contributed by atoms with Gasteiger partial charge in [0, 0.05) is 18.2 Å². The van der Waals surface area contributed by atoms with Crippen molar-refractivity contribution in [2.75, 3.05) is 6.54 Å². The van der Waals surface area contributed by atoms with Crippen LogP contribution in [0.15, 0.2) is 48.5 Å². The molecule has 1 heterocycles. The van der Waals surface area contributed by atoms with Crippen molar-refractivity contribution < 1.29 is 9.84 Å². The fourth-order valence-corrected chi connectivity index (χ4v) is 3.05. The van der Waals surface area contributed by atoms with Gasteiger partial charge in [0.15, 0.2) is 0 Å². The van der Waals surface area contributed by atoms with Gasteiger partial charge in [-0.2, -0.15) is 0 Å². The van der Waals surface area contributed by atoms with Crippen molar-refractivity contribution in [2.45, 2.75) is 31.1 Å². The molecule has 2 aromatic carbocycles. The molecule has 2 N–H and O–H groups in total. The summed E-state index contributed by atoms with van der Waals surface area (Å²) < 4.78 is 5.91. The Labute approximate surface area is 124 Å². The van der Waals surface area contributed by atoms with Crippen molar-refractivity contribution in [3.8, 4) is 5.75 Å². The second-order valence-corrected chi connectivity index (χ2v) is 5.96. The summed E-state index contributed by atoms with van der Waals surface area (Å²) in [4.78, 5) is 0. The third-order valence-corrected chi connectivity index (χ3v) is 4.40. The SMILES string of the molecule is OC1(CNC2CC2)c2ccccc2COc2ccccc21. The van der Waals surface area contributed by atoms with Crippen LogP contribution in [0.3, 0.4) is 0 Å². The van der Waals surface area contributed by atoms with Crippen LogP contribution < -0.4 is 10.1 Å². The molecular weight excluding hydrogens is 262 g/mol. The van der Waals surface area contributed by atoms with Crippen LogP contribution >= 0.6 is 0 Å². The number of fused-ring (bicyclic) bond motifs is 2. The van der Waals surface area contributed by atoms with Crippen LogP contribution in [0.5, 0.6) is 5.75 Å². The van der Waals surface area contributed by atoms with Crippen LogP contribution in [0.25, 0.3) is 0 Å². The van der Waals surface area contributed by atoms with Gasteiger partial charge in [-0.05, 0) is 30.0 Å². The largest absolute Gasteiger partial charge is 0.488 e. The smallest absolute Gasteiger partial charge is 0.131 e. The number of hydrogen-bond donors (Lipinski definition) is 2. The van der Waals surface area contributed by atoms with Crippen molar-refractivity contribution in [1.82, 2.24) is 5.32 Å². The molecule has 1 atom stereocenters. The molecule has 0 aromatic heterocycles. The third kappa shape index (κ3) is 2.23. The number of ether oxygens (including phenoxy) is 1. The average molecular weight is 281 g/mol. The Morgan fingerprint density at radius 1 is 1.05 bits per heavy atom. The molecule has 0 radical (unpaired) electrons. The molecule has 0 bridgehead atoms. The average Bonchev–Trinajstić information content (AvgIpc) is 3.35. The first kappa shape index (κ1) is 12.9. The predicted octanol–water partition coefficient (Wildman–Crippen LogP) is 2.57. The van der Waals surface area contributed by atoms with Crippen molar-refractivity contribution in [3.63, 3.8) is 0 Å². The Kier molecular flexibility index (Phi) is 2.98. The molecule has 1 aliphatic carbocycles. The molecule has 1 saturated carbocycles. The molecule has 1 aliphatic heterocycles. The summed E-state index contributed by atoms with van der Waals surface area (Å²) in [6.07, 6.45) is 2.41. The molecule has 2 aromatic rings. The van der Waals surface area contributed by atoms with E-state index in [0.29, 0.717) is 19.2 Å². The highest BCUT2D eigenvalue weighted by Gasteiger charge is 2.39. The zero-order chi connectivity index (χ0) is 14.3. The molecular formula is C18H19NO2. The molecule has 21 heavy (non-hydrogen) atoms. The lowest BCUT2D eigenvalue weighted by molar-refractivity contribution is 0.0788. The van der Waals surface area contributed by atoms with Crippen LogP contribution in [-0.2, 0) is 12.2 Å². The molecule has 0 spiro atoms. The van der Waals surface area contributed by atoms with Gasteiger partial charge in [-0.3, -0.25) is 0 Å². The highest BCUT2D eigenvalue weighted by molar-refractivity contribution is 5.49. The van der Waals surface area contributed by atoms with Crippen LogP contribution in [0.4, 0.5) is 0 Å². The van der Waals surface area contributed by atoms with Crippen molar-refractivity contribution in [3.05, 3.63) is 65.2 Å². The number of rotatable bonds is 3. The van der Waals surface area contributed by atoms with Crippen LogP contribution in [-0.4, -0.2) is 17.7 Å². The van der Waals surface area contributed by atoms with Gasteiger partial charge < -0.3 is 15.2 Å². The zero-order valence-electron chi connectivity index (χ0n) is 11.9. The Balaban J connectivity index is 1.84. The minimum absolute atomic E-state index is 0.499. The monoisotopic (exact) mass is 281 g/mol. The zero-order valence-corrected chi connectivity index (χ0v) is 11.9. The lowest BCUT2D eigenvalue weighted by Crippen LogP contribution is -2.40. The van der Waals surface area contributed by atoms with Crippen molar-refractivity contribution >= 4 is 0 Å². The van der Waals surface area contributed by atoms with E-state index in [4.69, 9.17) is 4.74 Å². The van der Waals surface area contributed by atoms with Gasteiger partial charge in [-0.25, -0.2) is 0 Å². The first-order valence-electron chi connectivity index (χ1n) is 7.54. The molecule has 0 amide bonds. The Hall–Kier alpha value is -1.84. The summed E-state index contributed by atoms with van der Waals surface area (Å²) in [5.74, 6) is 0.772. The van der Waals surface area contributed by atoms with Crippen molar-refractivity contribution in [1.29, 1.82) is 0 Å². The lowest BCUT2D eigenvalue weighted by Gasteiger charge is -2.30. The first-order chi connectivity index (χ1) is 10.3. The summed E-state index contributed by atoms with van der Waals surface area (Å²) in [6, 6.07) is 16.4. The predicted molar refractivity (Wildman–Crippen MR) is 81.2 cm³/mol. The van der Waals surface area contributed by atoms with Gasteiger partial charge in [0.25, 0.3) is 0 Å². The Bertz CT molecular complexity index is 616. The highest BCUT2D eigenvalue weighted by atomic mass is 16.5. The van der Waals surface area contributed by atoms with Gasteiger partial charge >= 0.3 is 0 Å². The number of hydrogen-bond acceptors (Lipinski definition) is 3. The summed E-state index contributed by atoms with van der Waals surface area (Å²) in [5, 5.41) is 15.0.